The average molecular weight is 454 g/mol. The van der Waals surface area contributed by atoms with Gasteiger partial charge in [-0.15, -0.1) is 0 Å². The molecule has 3 N–H and O–H groups in total. The van der Waals surface area contributed by atoms with Gasteiger partial charge in [0.15, 0.2) is 11.5 Å². The van der Waals surface area contributed by atoms with Crippen LogP contribution in [-0.2, 0) is 0 Å². The van der Waals surface area contributed by atoms with E-state index in [0.29, 0.717) is 40.2 Å². The SMILES string of the molecule is Cc1ccc(Nc2cc(Nc3ccc(NC(=O)c4ccc5c(c4)OCO5)cc3)nc(C)n2)cc1. The molecule has 5 rings (SSSR count). The Bertz CT molecular complexity index is 1340. The number of fused-ring (bicyclic) bond motifs is 1. The molecule has 1 aliphatic heterocycles. The van der Waals surface area contributed by atoms with E-state index in [9.17, 15) is 4.79 Å². The van der Waals surface area contributed by atoms with Crippen LogP contribution in [0.15, 0.2) is 72.8 Å². The molecule has 3 aromatic carbocycles. The van der Waals surface area contributed by atoms with E-state index in [2.05, 4.69) is 32.8 Å². The lowest BCUT2D eigenvalue weighted by Crippen LogP contribution is -2.11. The van der Waals surface area contributed by atoms with E-state index in [-0.39, 0.29) is 12.7 Å². The van der Waals surface area contributed by atoms with E-state index in [0.717, 1.165) is 11.4 Å². The van der Waals surface area contributed by atoms with Crippen LogP contribution in [0.5, 0.6) is 11.5 Å². The fraction of sp³-hybridized carbons (Fsp3) is 0.115. The molecule has 1 amide bonds. The molecule has 0 unspecified atom stereocenters. The summed E-state index contributed by atoms with van der Waals surface area (Å²) in [5, 5.41) is 9.48. The van der Waals surface area contributed by atoms with Crippen LogP contribution in [0.4, 0.5) is 28.7 Å². The normalized spacial score (nSPS) is 11.7. The molecule has 34 heavy (non-hydrogen) atoms. The number of benzene rings is 3. The molecule has 1 aliphatic rings. The topological polar surface area (TPSA) is 97.4 Å². The van der Waals surface area contributed by atoms with Crippen molar-refractivity contribution in [2.45, 2.75) is 13.8 Å². The van der Waals surface area contributed by atoms with Crippen LogP contribution in [0.25, 0.3) is 0 Å². The number of carbonyl (C=O) groups excluding carboxylic acids is 1. The van der Waals surface area contributed by atoms with E-state index in [4.69, 9.17) is 9.47 Å². The summed E-state index contributed by atoms with van der Waals surface area (Å²) >= 11 is 0. The fourth-order valence-corrected chi connectivity index (χ4v) is 3.51. The average Bonchev–Trinajstić information content (AvgIpc) is 3.29. The summed E-state index contributed by atoms with van der Waals surface area (Å²) in [5.41, 5.74) is 4.16. The van der Waals surface area contributed by atoms with Crippen molar-refractivity contribution >= 4 is 34.6 Å². The zero-order valence-corrected chi connectivity index (χ0v) is 18.8. The molecule has 1 aromatic heterocycles. The minimum atomic E-state index is -0.225. The van der Waals surface area contributed by atoms with Gasteiger partial charge in [0.2, 0.25) is 6.79 Å². The Kier molecular flexibility index (Phi) is 5.70. The fourth-order valence-electron chi connectivity index (χ4n) is 3.51. The van der Waals surface area contributed by atoms with Gasteiger partial charge >= 0.3 is 0 Å². The van der Waals surface area contributed by atoms with Crippen LogP contribution in [-0.4, -0.2) is 22.7 Å². The third kappa shape index (κ3) is 4.91. The second-order valence-electron chi connectivity index (χ2n) is 7.90. The number of amides is 1. The lowest BCUT2D eigenvalue weighted by Gasteiger charge is -2.11. The van der Waals surface area contributed by atoms with Crippen molar-refractivity contribution in [2.75, 3.05) is 22.7 Å². The van der Waals surface area contributed by atoms with E-state index >= 15 is 0 Å². The minimum Gasteiger partial charge on any atom is -0.454 e. The highest BCUT2D eigenvalue weighted by molar-refractivity contribution is 6.04. The Morgan fingerprint density at radius 2 is 1.32 bits per heavy atom. The first-order chi connectivity index (χ1) is 16.5. The number of ether oxygens (including phenoxy) is 2. The maximum atomic E-state index is 12.6. The Hall–Kier alpha value is -4.59. The molecule has 2 heterocycles. The zero-order chi connectivity index (χ0) is 23.5. The number of nitrogens with zero attached hydrogens (tertiary/aromatic N) is 2. The summed E-state index contributed by atoms with van der Waals surface area (Å²) in [5.74, 6) is 3.00. The molecular formula is C26H23N5O3. The first-order valence-corrected chi connectivity index (χ1v) is 10.8. The molecule has 0 spiro atoms. The summed E-state index contributed by atoms with van der Waals surface area (Å²) in [7, 11) is 0. The van der Waals surface area contributed by atoms with Gasteiger partial charge in [0.05, 0.1) is 0 Å². The van der Waals surface area contributed by atoms with Crippen LogP contribution in [0.1, 0.15) is 21.7 Å². The molecule has 8 nitrogen and oxygen atoms in total. The molecule has 0 aliphatic carbocycles. The Balaban J connectivity index is 1.24. The number of hydrogen-bond donors (Lipinski definition) is 3. The molecule has 0 saturated carbocycles. The Morgan fingerprint density at radius 3 is 2.00 bits per heavy atom. The lowest BCUT2D eigenvalue weighted by atomic mass is 10.2. The molecule has 0 bridgehead atoms. The third-order valence-corrected chi connectivity index (χ3v) is 5.21. The van der Waals surface area contributed by atoms with Gasteiger partial charge < -0.3 is 25.4 Å². The summed E-state index contributed by atoms with van der Waals surface area (Å²) in [6.45, 7) is 4.07. The van der Waals surface area contributed by atoms with Crippen LogP contribution in [0.2, 0.25) is 0 Å². The van der Waals surface area contributed by atoms with Crippen molar-refractivity contribution in [3.05, 3.63) is 89.7 Å². The number of aromatic nitrogens is 2. The van der Waals surface area contributed by atoms with Crippen molar-refractivity contribution in [3.63, 3.8) is 0 Å². The molecule has 0 radical (unpaired) electrons. The summed E-state index contributed by atoms with van der Waals surface area (Å²) in [6, 6.07) is 22.5. The van der Waals surface area contributed by atoms with Crippen LogP contribution in [0.3, 0.4) is 0 Å². The second kappa shape index (κ2) is 9.11. The van der Waals surface area contributed by atoms with Gasteiger partial charge in [-0.25, -0.2) is 9.97 Å². The van der Waals surface area contributed by atoms with Crippen molar-refractivity contribution in [1.29, 1.82) is 0 Å². The smallest absolute Gasteiger partial charge is 0.255 e. The highest BCUT2D eigenvalue weighted by Crippen LogP contribution is 2.32. The highest BCUT2D eigenvalue weighted by Gasteiger charge is 2.16. The second-order valence-corrected chi connectivity index (χ2v) is 7.90. The van der Waals surface area contributed by atoms with Gasteiger partial charge in [-0.05, 0) is 68.4 Å². The van der Waals surface area contributed by atoms with Crippen molar-refractivity contribution in [3.8, 4) is 11.5 Å². The van der Waals surface area contributed by atoms with E-state index in [1.807, 2.05) is 61.5 Å². The molecule has 4 aromatic rings. The quantitative estimate of drug-likeness (QED) is 0.351. The molecule has 0 saturated heterocycles. The molecular weight excluding hydrogens is 430 g/mol. The molecule has 0 atom stereocenters. The number of hydrogen-bond acceptors (Lipinski definition) is 7. The first kappa shape index (κ1) is 21.3. The standard InChI is InChI=1S/C26H23N5O3/c1-16-3-6-19(7-4-16)29-24-14-25(28-17(2)27-24)30-20-8-10-21(11-9-20)31-26(32)18-5-12-22-23(13-18)34-15-33-22/h3-14H,15H2,1-2H3,(H,31,32)(H2,27,28,29,30). The van der Waals surface area contributed by atoms with Gasteiger partial charge in [-0.1, -0.05) is 17.7 Å². The van der Waals surface area contributed by atoms with Crippen LogP contribution >= 0.6 is 0 Å². The number of nitrogens with one attached hydrogen (secondary N) is 3. The van der Waals surface area contributed by atoms with Crippen molar-refractivity contribution < 1.29 is 14.3 Å². The van der Waals surface area contributed by atoms with Crippen molar-refractivity contribution in [1.82, 2.24) is 9.97 Å². The highest BCUT2D eigenvalue weighted by atomic mass is 16.7. The third-order valence-electron chi connectivity index (χ3n) is 5.21. The Morgan fingerprint density at radius 1 is 0.735 bits per heavy atom. The van der Waals surface area contributed by atoms with Crippen molar-refractivity contribution in [2.24, 2.45) is 0 Å². The number of rotatable bonds is 6. The van der Waals surface area contributed by atoms with Gasteiger partial charge in [0, 0.05) is 28.7 Å². The maximum Gasteiger partial charge on any atom is 0.255 e. The maximum absolute atomic E-state index is 12.6. The predicted octanol–water partition coefficient (Wildman–Crippen LogP) is 5.56. The van der Waals surface area contributed by atoms with E-state index in [1.165, 1.54) is 5.56 Å². The van der Waals surface area contributed by atoms with Gasteiger partial charge in [-0.3, -0.25) is 4.79 Å². The van der Waals surface area contributed by atoms with Gasteiger partial charge in [-0.2, -0.15) is 0 Å². The van der Waals surface area contributed by atoms with Gasteiger partial charge in [0.25, 0.3) is 5.91 Å². The molecule has 8 heteroatoms. The summed E-state index contributed by atoms with van der Waals surface area (Å²) < 4.78 is 10.6. The van der Waals surface area contributed by atoms with Crippen LogP contribution < -0.4 is 25.4 Å². The molecule has 170 valence electrons. The van der Waals surface area contributed by atoms with E-state index in [1.54, 1.807) is 18.2 Å². The minimum absolute atomic E-state index is 0.171. The number of carbonyl (C=O) groups is 1. The largest absolute Gasteiger partial charge is 0.454 e. The summed E-state index contributed by atoms with van der Waals surface area (Å²) in [6.07, 6.45) is 0. The Labute approximate surface area is 197 Å². The lowest BCUT2D eigenvalue weighted by molar-refractivity contribution is 0.102. The summed E-state index contributed by atoms with van der Waals surface area (Å²) in [4.78, 5) is 21.5. The zero-order valence-electron chi connectivity index (χ0n) is 18.8. The van der Waals surface area contributed by atoms with Crippen LogP contribution in [0, 0.1) is 13.8 Å². The van der Waals surface area contributed by atoms with E-state index < -0.39 is 0 Å². The predicted molar refractivity (Wildman–Crippen MR) is 131 cm³/mol. The molecule has 0 fully saturated rings. The number of aryl methyl sites for hydroxylation is 2. The van der Waals surface area contributed by atoms with Gasteiger partial charge in [0.1, 0.15) is 17.5 Å². The number of anilines is 5. The first-order valence-electron chi connectivity index (χ1n) is 10.8. The monoisotopic (exact) mass is 453 g/mol.